The van der Waals surface area contributed by atoms with Crippen molar-refractivity contribution in [1.82, 2.24) is 9.55 Å². The number of carbonyl (C=O) groups is 1. The van der Waals surface area contributed by atoms with Crippen LogP contribution in [-0.2, 0) is 9.16 Å². The molecule has 1 saturated carbocycles. The number of nitrogens with zero attached hydrogens (tertiary/aromatic N) is 2. The van der Waals surface area contributed by atoms with Gasteiger partial charge in [-0.15, -0.1) is 0 Å². The van der Waals surface area contributed by atoms with E-state index in [-0.39, 0.29) is 50.8 Å². The molecule has 10 heteroatoms. The van der Waals surface area contributed by atoms with Gasteiger partial charge in [-0.1, -0.05) is 117 Å². The number of hydrogen-bond donors (Lipinski definition) is 0. The van der Waals surface area contributed by atoms with Crippen LogP contribution in [0.1, 0.15) is 75.6 Å². The Bertz CT molecular complexity index is 1940. The maximum Gasteiger partial charge on any atom is 0.359 e. The Morgan fingerprint density at radius 3 is 2.16 bits per heavy atom. The highest BCUT2D eigenvalue weighted by Gasteiger charge is 2.52. The van der Waals surface area contributed by atoms with Crippen molar-refractivity contribution in [2.24, 2.45) is 0 Å². The zero-order valence-electron chi connectivity index (χ0n) is 28.6. The van der Waals surface area contributed by atoms with Crippen LogP contribution in [-0.4, -0.2) is 36.5 Å². The molecule has 0 aliphatic heterocycles. The molecule has 1 aliphatic carbocycles. The largest absolute Gasteiger partial charge is 0.461 e. The maximum atomic E-state index is 16.0. The third kappa shape index (κ3) is 6.78. The average molecular weight is 734 g/mol. The Labute approximate surface area is 303 Å². The van der Waals surface area contributed by atoms with Gasteiger partial charge in [0, 0.05) is 17.6 Å². The quantitative estimate of drug-likeness (QED) is 0.112. The number of aromatic nitrogens is 2. The predicted octanol–water partition coefficient (Wildman–Crippen LogP) is 9.90. The minimum absolute atomic E-state index is 0.0149. The van der Waals surface area contributed by atoms with Crippen LogP contribution in [0.25, 0.3) is 16.9 Å². The molecular formula is C40H40Cl2F2N2O3Si. The fraction of sp³-hybridized carbons (Fsp3) is 0.300. The normalized spacial score (nSPS) is 16.7. The molecule has 0 spiro atoms. The van der Waals surface area contributed by atoms with Crippen LogP contribution in [0.2, 0.25) is 15.1 Å². The molecule has 0 radical (unpaired) electrons. The van der Waals surface area contributed by atoms with E-state index in [1.807, 2.05) is 12.1 Å². The van der Waals surface area contributed by atoms with Gasteiger partial charge in [-0.3, -0.25) is 4.57 Å². The van der Waals surface area contributed by atoms with Crippen molar-refractivity contribution >= 4 is 47.9 Å². The van der Waals surface area contributed by atoms with Gasteiger partial charge in [0.2, 0.25) is 0 Å². The summed E-state index contributed by atoms with van der Waals surface area (Å²) in [7, 11) is -2.89. The molecule has 0 amide bonds. The highest BCUT2D eigenvalue weighted by atomic mass is 35.5. The van der Waals surface area contributed by atoms with Crippen LogP contribution in [0.5, 0.6) is 0 Å². The molecule has 0 bridgehead atoms. The molecule has 2 unspecified atom stereocenters. The summed E-state index contributed by atoms with van der Waals surface area (Å²) in [5.41, 5.74) is 0.727. The van der Waals surface area contributed by atoms with Gasteiger partial charge in [0.15, 0.2) is 11.5 Å². The van der Waals surface area contributed by atoms with Crippen molar-refractivity contribution in [1.29, 1.82) is 0 Å². The second-order valence-electron chi connectivity index (χ2n) is 13.7. The highest BCUT2D eigenvalue weighted by molar-refractivity contribution is 6.99. The number of esters is 1. The van der Waals surface area contributed by atoms with E-state index in [0.717, 1.165) is 19.3 Å². The van der Waals surface area contributed by atoms with Crippen molar-refractivity contribution in [3.05, 3.63) is 130 Å². The topological polar surface area (TPSA) is 53.4 Å². The monoisotopic (exact) mass is 732 g/mol. The lowest BCUT2D eigenvalue weighted by atomic mass is 9.86. The van der Waals surface area contributed by atoms with Gasteiger partial charge in [-0.2, -0.15) is 0 Å². The first-order valence-corrected chi connectivity index (χ1v) is 19.6. The molecule has 1 heterocycles. The first-order chi connectivity index (χ1) is 24.0. The SMILES string of the molecule is CCOC(=O)c1nc(C2CCCC(O[Si](c3ccccc3)(c3ccccc3)C(C)(C)C)C2)n(-c2cccc(Cl)c2F)c1-c1ccc(F)c(Cl)c1. The number of imidazole rings is 1. The third-order valence-corrected chi connectivity index (χ3v) is 15.2. The second kappa shape index (κ2) is 14.8. The lowest BCUT2D eigenvalue weighted by Crippen LogP contribution is -2.67. The van der Waals surface area contributed by atoms with Gasteiger partial charge in [-0.05, 0) is 71.9 Å². The maximum absolute atomic E-state index is 16.0. The summed E-state index contributed by atoms with van der Waals surface area (Å²) in [6, 6.07) is 29.8. The molecule has 1 aromatic heterocycles. The summed E-state index contributed by atoms with van der Waals surface area (Å²) in [6.45, 7) is 8.56. The number of hydrogen-bond acceptors (Lipinski definition) is 4. The average Bonchev–Trinajstić information content (AvgIpc) is 3.51. The summed E-state index contributed by atoms with van der Waals surface area (Å²) in [4.78, 5) is 18.5. The fourth-order valence-corrected chi connectivity index (χ4v) is 12.4. The Morgan fingerprint density at radius 2 is 1.56 bits per heavy atom. The van der Waals surface area contributed by atoms with Crippen molar-refractivity contribution in [3.63, 3.8) is 0 Å². The fourth-order valence-electron chi connectivity index (χ4n) is 7.30. The zero-order valence-corrected chi connectivity index (χ0v) is 31.1. The molecule has 0 saturated heterocycles. The number of benzene rings is 4. The Hall–Kier alpha value is -3.82. The van der Waals surface area contributed by atoms with Crippen molar-refractivity contribution < 1.29 is 22.7 Å². The Kier molecular flexibility index (Phi) is 10.7. The van der Waals surface area contributed by atoms with Crippen LogP contribution in [0, 0.1) is 11.6 Å². The van der Waals surface area contributed by atoms with Crippen molar-refractivity contribution in [2.75, 3.05) is 6.61 Å². The van der Waals surface area contributed by atoms with Crippen LogP contribution < -0.4 is 10.4 Å². The lowest BCUT2D eigenvalue weighted by molar-refractivity contribution is 0.0520. The van der Waals surface area contributed by atoms with Crippen molar-refractivity contribution in [3.8, 4) is 16.9 Å². The van der Waals surface area contributed by atoms with E-state index in [4.69, 9.17) is 37.3 Å². The van der Waals surface area contributed by atoms with Gasteiger partial charge in [-0.25, -0.2) is 18.6 Å². The van der Waals surface area contributed by atoms with E-state index in [9.17, 15) is 9.18 Å². The summed E-state index contributed by atoms with van der Waals surface area (Å²) in [5.74, 6) is -1.73. The second-order valence-corrected chi connectivity index (χ2v) is 18.8. The molecule has 260 valence electrons. The van der Waals surface area contributed by atoms with Gasteiger partial charge in [0.1, 0.15) is 11.6 Å². The Balaban J connectivity index is 1.52. The van der Waals surface area contributed by atoms with E-state index in [1.165, 1.54) is 34.6 Å². The van der Waals surface area contributed by atoms with Crippen LogP contribution >= 0.6 is 23.2 Å². The third-order valence-electron chi connectivity index (χ3n) is 9.49. The van der Waals surface area contributed by atoms with Gasteiger partial charge in [0.05, 0.1) is 28.0 Å². The molecule has 6 rings (SSSR count). The first kappa shape index (κ1) is 36.0. The molecule has 2 atom stereocenters. The minimum atomic E-state index is -2.89. The molecule has 0 N–H and O–H groups in total. The first-order valence-electron chi connectivity index (χ1n) is 16.9. The Morgan fingerprint density at radius 1 is 0.900 bits per heavy atom. The van der Waals surface area contributed by atoms with Crippen LogP contribution in [0.3, 0.4) is 0 Å². The molecule has 1 aliphatic rings. The summed E-state index contributed by atoms with van der Waals surface area (Å²) in [6.07, 6.45) is 2.80. The highest BCUT2D eigenvalue weighted by Crippen LogP contribution is 2.44. The summed E-state index contributed by atoms with van der Waals surface area (Å²) in [5, 5.41) is 1.91. The number of halogens is 4. The van der Waals surface area contributed by atoms with E-state index >= 15 is 4.39 Å². The van der Waals surface area contributed by atoms with Gasteiger partial charge < -0.3 is 9.16 Å². The molecular weight excluding hydrogens is 693 g/mol. The lowest BCUT2D eigenvalue weighted by Gasteiger charge is -2.46. The summed E-state index contributed by atoms with van der Waals surface area (Å²) < 4.78 is 45.1. The van der Waals surface area contributed by atoms with Crippen molar-refractivity contribution in [2.45, 2.75) is 70.4 Å². The van der Waals surface area contributed by atoms with Gasteiger partial charge >= 0.3 is 5.97 Å². The predicted molar refractivity (Wildman–Crippen MR) is 199 cm³/mol. The molecule has 5 aromatic rings. The van der Waals surface area contributed by atoms with E-state index in [1.54, 1.807) is 23.6 Å². The number of rotatable bonds is 9. The van der Waals surface area contributed by atoms with E-state index in [2.05, 4.69) is 69.3 Å². The van der Waals surface area contributed by atoms with E-state index < -0.39 is 25.9 Å². The van der Waals surface area contributed by atoms with Crippen LogP contribution in [0.15, 0.2) is 97.1 Å². The molecule has 5 nitrogen and oxygen atoms in total. The summed E-state index contributed by atoms with van der Waals surface area (Å²) >= 11 is 12.6. The minimum Gasteiger partial charge on any atom is -0.461 e. The standard InChI is InChI=1S/C40H40Cl2F2N2O3Si/c1-5-48-39(47)36-37(26-22-23-33(43)32(42)25-26)46(34-21-13-20-31(41)35(34)44)38(45-36)27-14-12-15-28(24-27)49-50(40(2,3)4,29-16-8-6-9-17-29)30-18-10-7-11-19-30/h6-11,13,16-23,25,27-28H,5,12,14-15,24H2,1-4H3. The molecule has 50 heavy (non-hydrogen) atoms. The smallest absolute Gasteiger partial charge is 0.359 e. The molecule has 1 fully saturated rings. The molecule has 4 aromatic carbocycles. The van der Waals surface area contributed by atoms with Crippen LogP contribution in [0.4, 0.5) is 8.78 Å². The zero-order chi connectivity index (χ0) is 35.6. The van der Waals surface area contributed by atoms with Gasteiger partial charge in [0.25, 0.3) is 8.32 Å². The van der Waals surface area contributed by atoms with E-state index in [0.29, 0.717) is 17.8 Å². The number of carbonyl (C=O) groups excluding carboxylic acids is 1. The number of ether oxygens (including phenoxy) is 1.